The van der Waals surface area contributed by atoms with E-state index in [0.717, 1.165) is 29.0 Å². The predicted molar refractivity (Wildman–Crippen MR) is 73.8 cm³/mol. The normalized spacial score (nSPS) is 10.5. The van der Waals surface area contributed by atoms with E-state index in [0.29, 0.717) is 6.61 Å². The molecule has 0 amide bonds. The average molecular weight is 247 g/mol. The molecule has 0 atom stereocenters. The van der Waals surface area contributed by atoms with Crippen LogP contribution in [0.15, 0.2) is 29.6 Å². The highest BCUT2D eigenvalue weighted by Crippen LogP contribution is 2.24. The fourth-order valence-corrected chi connectivity index (χ4v) is 2.41. The van der Waals surface area contributed by atoms with Crippen molar-refractivity contribution in [2.24, 2.45) is 0 Å². The first-order valence-electron chi connectivity index (χ1n) is 5.68. The molecule has 1 aromatic heterocycles. The first-order valence-corrected chi connectivity index (χ1v) is 6.56. The van der Waals surface area contributed by atoms with E-state index in [1.165, 1.54) is 4.88 Å². The van der Waals surface area contributed by atoms with Gasteiger partial charge in [0.05, 0.1) is 6.61 Å². The molecule has 90 valence electrons. The van der Waals surface area contributed by atoms with Crippen molar-refractivity contribution >= 4 is 17.0 Å². The smallest absolute Gasteiger partial charge is 0.124 e. The Morgan fingerprint density at radius 1 is 1.24 bits per heavy atom. The number of nitrogen functional groups attached to an aromatic ring is 1. The van der Waals surface area contributed by atoms with Crippen molar-refractivity contribution in [1.29, 1.82) is 0 Å². The van der Waals surface area contributed by atoms with Gasteiger partial charge in [-0.2, -0.15) is 0 Å². The maximum absolute atomic E-state index is 5.88. The Labute approximate surface area is 106 Å². The van der Waals surface area contributed by atoms with E-state index in [-0.39, 0.29) is 0 Å². The lowest BCUT2D eigenvalue weighted by Crippen LogP contribution is -2.02. The minimum absolute atomic E-state index is 0.698. The number of hydrogen-bond acceptors (Lipinski definition) is 3. The Kier molecular flexibility index (Phi) is 3.69. The number of hydrogen-bond donors (Lipinski definition) is 1. The van der Waals surface area contributed by atoms with E-state index in [1.807, 2.05) is 19.9 Å². The Bertz CT molecular complexity index is 491. The van der Waals surface area contributed by atoms with Crippen LogP contribution in [0, 0.1) is 13.8 Å². The van der Waals surface area contributed by atoms with Gasteiger partial charge in [0.15, 0.2) is 0 Å². The summed E-state index contributed by atoms with van der Waals surface area (Å²) < 4.78 is 5.77. The predicted octanol–water partition coefficient (Wildman–Crippen LogP) is 3.57. The highest BCUT2D eigenvalue weighted by atomic mass is 32.1. The fourth-order valence-electron chi connectivity index (χ4n) is 1.72. The molecule has 0 fully saturated rings. The first kappa shape index (κ1) is 12.0. The molecule has 2 aromatic rings. The van der Waals surface area contributed by atoms with Crippen molar-refractivity contribution in [3.63, 3.8) is 0 Å². The second-order valence-corrected chi connectivity index (χ2v) is 5.18. The number of rotatable bonds is 4. The second-order valence-electron chi connectivity index (χ2n) is 4.15. The van der Waals surface area contributed by atoms with Crippen LogP contribution < -0.4 is 10.5 Å². The van der Waals surface area contributed by atoms with Gasteiger partial charge in [-0.1, -0.05) is 12.1 Å². The molecular formula is C14H17NOS. The minimum Gasteiger partial charge on any atom is -0.493 e. The maximum Gasteiger partial charge on any atom is 0.124 e. The molecule has 2 nitrogen and oxygen atoms in total. The number of thiophene rings is 1. The van der Waals surface area contributed by atoms with Crippen LogP contribution in [0.2, 0.25) is 0 Å². The molecule has 2 rings (SSSR count). The third kappa shape index (κ3) is 3.01. The van der Waals surface area contributed by atoms with Crippen LogP contribution in [-0.2, 0) is 6.42 Å². The van der Waals surface area contributed by atoms with Crippen LogP contribution in [0.25, 0.3) is 0 Å². The molecule has 0 spiro atoms. The average Bonchev–Trinajstić information content (AvgIpc) is 2.78. The Balaban J connectivity index is 1.97. The molecule has 0 saturated carbocycles. The van der Waals surface area contributed by atoms with E-state index >= 15 is 0 Å². The summed E-state index contributed by atoms with van der Waals surface area (Å²) in [5, 5.41) is 2.09. The fraction of sp³-hybridized carbons (Fsp3) is 0.286. The Morgan fingerprint density at radius 3 is 2.76 bits per heavy atom. The molecule has 0 aliphatic heterocycles. The van der Waals surface area contributed by atoms with E-state index < -0.39 is 0 Å². The molecule has 0 aliphatic rings. The monoisotopic (exact) mass is 247 g/mol. The third-order valence-electron chi connectivity index (χ3n) is 2.75. The van der Waals surface area contributed by atoms with Crippen molar-refractivity contribution in [2.75, 3.05) is 12.3 Å². The standard InChI is InChI=1S/C14H17NOS/c1-10-8-11(2)14(9-13(10)15)16-6-5-12-4-3-7-17-12/h3-4,7-9H,5-6,15H2,1-2H3. The summed E-state index contributed by atoms with van der Waals surface area (Å²) in [7, 11) is 0. The highest BCUT2D eigenvalue weighted by molar-refractivity contribution is 7.09. The largest absolute Gasteiger partial charge is 0.493 e. The van der Waals surface area contributed by atoms with Crippen LogP contribution in [-0.4, -0.2) is 6.61 Å². The van der Waals surface area contributed by atoms with Gasteiger partial charge < -0.3 is 10.5 Å². The molecule has 0 unspecified atom stereocenters. The van der Waals surface area contributed by atoms with Crippen molar-refractivity contribution in [3.8, 4) is 5.75 Å². The summed E-state index contributed by atoms with van der Waals surface area (Å²) in [5.74, 6) is 0.893. The summed E-state index contributed by atoms with van der Waals surface area (Å²) in [6, 6.07) is 8.17. The summed E-state index contributed by atoms with van der Waals surface area (Å²) in [4.78, 5) is 1.35. The van der Waals surface area contributed by atoms with Gasteiger partial charge in [0.25, 0.3) is 0 Å². The van der Waals surface area contributed by atoms with Crippen LogP contribution in [0.1, 0.15) is 16.0 Å². The number of anilines is 1. The van der Waals surface area contributed by atoms with Crippen LogP contribution in [0.3, 0.4) is 0 Å². The summed E-state index contributed by atoms with van der Waals surface area (Å²) in [5.41, 5.74) is 8.92. The van der Waals surface area contributed by atoms with Gasteiger partial charge in [-0.3, -0.25) is 0 Å². The zero-order valence-corrected chi connectivity index (χ0v) is 11.0. The number of benzene rings is 1. The quantitative estimate of drug-likeness (QED) is 0.838. The maximum atomic E-state index is 5.88. The van der Waals surface area contributed by atoms with Gasteiger partial charge in [-0.05, 0) is 36.4 Å². The number of aryl methyl sites for hydroxylation is 2. The SMILES string of the molecule is Cc1cc(C)c(OCCc2cccs2)cc1N. The lowest BCUT2D eigenvalue weighted by Gasteiger charge is -2.11. The number of nitrogens with two attached hydrogens (primary N) is 1. The second kappa shape index (κ2) is 5.23. The summed E-state index contributed by atoms with van der Waals surface area (Å²) in [6.45, 7) is 4.76. The molecule has 3 heteroatoms. The van der Waals surface area contributed by atoms with E-state index in [2.05, 4.69) is 23.6 Å². The Morgan fingerprint density at radius 2 is 2.06 bits per heavy atom. The van der Waals surface area contributed by atoms with Crippen molar-refractivity contribution in [1.82, 2.24) is 0 Å². The molecule has 17 heavy (non-hydrogen) atoms. The van der Waals surface area contributed by atoms with Crippen LogP contribution >= 0.6 is 11.3 Å². The van der Waals surface area contributed by atoms with Gasteiger partial charge in [-0.15, -0.1) is 11.3 Å². The first-order chi connectivity index (χ1) is 8.16. The molecule has 1 heterocycles. The molecular weight excluding hydrogens is 230 g/mol. The van der Waals surface area contributed by atoms with Crippen LogP contribution in [0.4, 0.5) is 5.69 Å². The lowest BCUT2D eigenvalue weighted by atomic mass is 10.1. The van der Waals surface area contributed by atoms with Gasteiger partial charge in [0, 0.05) is 23.1 Å². The zero-order chi connectivity index (χ0) is 12.3. The van der Waals surface area contributed by atoms with Gasteiger partial charge >= 0.3 is 0 Å². The molecule has 1 aromatic carbocycles. The summed E-state index contributed by atoms with van der Waals surface area (Å²) in [6.07, 6.45) is 0.949. The molecule has 0 saturated heterocycles. The van der Waals surface area contributed by atoms with Gasteiger partial charge in [0.2, 0.25) is 0 Å². The van der Waals surface area contributed by atoms with Crippen molar-refractivity contribution in [3.05, 3.63) is 45.6 Å². The minimum atomic E-state index is 0.698. The Hall–Kier alpha value is -1.48. The van der Waals surface area contributed by atoms with E-state index in [1.54, 1.807) is 11.3 Å². The third-order valence-corrected chi connectivity index (χ3v) is 3.69. The molecule has 0 bridgehead atoms. The molecule has 0 aliphatic carbocycles. The topological polar surface area (TPSA) is 35.2 Å². The zero-order valence-electron chi connectivity index (χ0n) is 10.2. The van der Waals surface area contributed by atoms with E-state index in [9.17, 15) is 0 Å². The lowest BCUT2D eigenvalue weighted by molar-refractivity contribution is 0.321. The van der Waals surface area contributed by atoms with Gasteiger partial charge in [-0.25, -0.2) is 0 Å². The van der Waals surface area contributed by atoms with E-state index in [4.69, 9.17) is 10.5 Å². The molecule has 0 radical (unpaired) electrons. The molecule has 2 N–H and O–H groups in total. The van der Waals surface area contributed by atoms with Crippen LogP contribution in [0.5, 0.6) is 5.75 Å². The number of ether oxygens (including phenoxy) is 1. The van der Waals surface area contributed by atoms with Crippen molar-refractivity contribution in [2.45, 2.75) is 20.3 Å². The van der Waals surface area contributed by atoms with Gasteiger partial charge in [0.1, 0.15) is 5.75 Å². The van der Waals surface area contributed by atoms with Crippen molar-refractivity contribution < 1.29 is 4.74 Å². The highest BCUT2D eigenvalue weighted by Gasteiger charge is 2.03. The summed E-state index contributed by atoms with van der Waals surface area (Å²) >= 11 is 1.76.